The summed E-state index contributed by atoms with van der Waals surface area (Å²) in [5, 5.41) is 6.20. The molecule has 3 heteroatoms. The Morgan fingerprint density at radius 1 is 1.09 bits per heavy atom. The van der Waals surface area contributed by atoms with Crippen molar-refractivity contribution >= 4 is 0 Å². The molecule has 0 aromatic rings. The van der Waals surface area contributed by atoms with Gasteiger partial charge in [0.25, 0.3) is 0 Å². The van der Waals surface area contributed by atoms with E-state index in [0.29, 0.717) is 0 Å². The first kappa shape index (κ1) is 8.56. The molecule has 0 atom stereocenters. The minimum atomic E-state index is 0.889. The maximum atomic E-state index is 5.01. The Balaban J connectivity index is 0.000000112. The van der Waals surface area contributed by atoms with E-state index < -0.39 is 0 Å². The van der Waals surface area contributed by atoms with Crippen molar-refractivity contribution in [3.63, 3.8) is 0 Å². The Morgan fingerprint density at radius 3 is 2.09 bits per heavy atom. The number of rotatable bonds is 0. The molecule has 2 aliphatic rings. The summed E-state index contributed by atoms with van der Waals surface area (Å²) in [6.45, 7) is 4.97. The van der Waals surface area contributed by atoms with Crippen LogP contribution in [0.3, 0.4) is 0 Å². The summed E-state index contributed by atoms with van der Waals surface area (Å²) < 4.78 is 5.01. The fourth-order valence-corrected chi connectivity index (χ4v) is 0.932. The molecule has 2 rings (SSSR count). The molecule has 0 aromatic heterocycles. The average molecular weight is 156 g/mol. The second kappa shape index (κ2) is 6.19. The lowest BCUT2D eigenvalue weighted by Crippen LogP contribution is -2.30. The Labute approximate surface area is 67.8 Å². The van der Waals surface area contributed by atoms with E-state index in [1.807, 2.05) is 6.20 Å². The zero-order valence-corrected chi connectivity index (χ0v) is 6.81. The van der Waals surface area contributed by atoms with Gasteiger partial charge >= 0.3 is 0 Å². The predicted molar refractivity (Wildman–Crippen MR) is 45.4 cm³/mol. The van der Waals surface area contributed by atoms with Gasteiger partial charge in [0, 0.05) is 19.6 Å². The maximum Gasteiger partial charge on any atom is 0.0591 e. The highest BCUT2D eigenvalue weighted by Crippen LogP contribution is 1.84. The van der Waals surface area contributed by atoms with E-state index in [1.54, 1.807) is 0 Å². The van der Waals surface area contributed by atoms with E-state index in [0.717, 1.165) is 32.8 Å². The summed E-state index contributed by atoms with van der Waals surface area (Å²) in [4.78, 5) is 0. The first-order valence-corrected chi connectivity index (χ1v) is 4.17. The van der Waals surface area contributed by atoms with Crippen molar-refractivity contribution < 1.29 is 4.74 Å². The van der Waals surface area contributed by atoms with Crippen molar-refractivity contribution in [3.8, 4) is 0 Å². The Bertz CT molecular complexity index is 93.1. The van der Waals surface area contributed by atoms with Crippen molar-refractivity contribution in [1.29, 1.82) is 0 Å². The van der Waals surface area contributed by atoms with Gasteiger partial charge in [-0.1, -0.05) is 6.08 Å². The van der Waals surface area contributed by atoms with Crippen LogP contribution in [0.4, 0.5) is 0 Å². The SMILES string of the molecule is C1=CNCC1.C1COCCN1. The van der Waals surface area contributed by atoms with Gasteiger partial charge in [-0.25, -0.2) is 0 Å². The second-order valence-corrected chi connectivity index (χ2v) is 2.51. The molecule has 0 unspecified atom stereocenters. The van der Waals surface area contributed by atoms with Crippen molar-refractivity contribution in [3.05, 3.63) is 12.3 Å². The number of hydrogen-bond donors (Lipinski definition) is 2. The fraction of sp³-hybridized carbons (Fsp3) is 0.750. The van der Waals surface area contributed by atoms with Gasteiger partial charge < -0.3 is 15.4 Å². The van der Waals surface area contributed by atoms with E-state index in [4.69, 9.17) is 4.74 Å². The third-order valence-corrected chi connectivity index (χ3v) is 1.54. The van der Waals surface area contributed by atoms with Crippen LogP contribution < -0.4 is 10.6 Å². The minimum absolute atomic E-state index is 0.889. The molecular formula is C8H16N2O. The van der Waals surface area contributed by atoms with E-state index in [-0.39, 0.29) is 0 Å². The normalized spacial score (nSPS) is 21.8. The van der Waals surface area contributed by atoms with Gasteiger partial charge in [0.1, 0.15) is 0 Å². The predicted octanol–water partition coefficient (Wildman–Crippen LogP) is 0.0996. The van der Waals surface area contributed by atoms with E-state index in [1.165, 1.54) is 6.42 Å². The van der Waals surface area contributed by atoms with Crippen molar-refractivity contribution in [2.24, 2.45) is 0 Å². The molecule has 3 nitrogen and oxygen atoms in total. The zero-order valence-electron chi connectivity index (χ0n) is 6.81. The molecule has 2 aliphatic heterocycles. The Morgan fingerprint density at radius 2 is 1.91 bits per heavy atom. The molecule has 1 fully saturated rings. The van der Waals surface area contributed by atoms with Crippen LogP contribution in [-0.2, 0) is 4.74 Å². The molecule has 64 valence electrons. The standard InChI is InChI=1S/C4H9NO.C4H7N/c1-3-6-4-2-5-1;1-2-4-5-3-1/h5H,1-4H2;1,3,5H,2,4H2. The number of hydrogen-bond acceptors (Lipinski definition) is 3. The Kier molecular flexibility index (Phi) is 4.81. The summed E-state index contributed by atoms with van der Waals surface area (Å²) in [6.07, 6.45) is 5.32. The molecule has 2 heterocycles. The highest BCUT2D eigenvalue weighted by molar-refractivity contribution is 4.86. The molecule has 11 heavy (non-hydrogen) atoms. The van der Waals surface area contributed by atoms with Crippen LogP contribution >= 0.6 is 0 Å². The summed E-state index contributed by atoms with van der Waals surface area (Å²) >= 11 is 0. The molecule has 2 N–H and O–H groups in total. The van der Waals surface area contributed by atoms with Crippen LogP contribution in [0.5, 0.6) is 0 Å². The van der Waals surface area contributed by atoms with Crippen LogP contribution in [0.15, 0.2) is 12.3 Å². The largest absolute Gasteiger partial charge is 0.391 e. The molecular weight excluding hydrogens is 140 g/mol. The van der Waals surface area contributed by atoms with E-state index in [2.05, 4.69) is 16.7 Å². The van der Waals surface area contributed by atoms with Gasteiger partial charge in [-0.3, -0.25) is 0 Å². The monoisotopic (exact) mass is 156 g/mol. The molecule has 0 amide bonds. The molecule has 0 bridgehead atoms. The molecule has 0 aliphatic carbocycles. The minimum Gasteiger partial charge on any atom is -0.391 e. The highest BCUT2D eigenvalue weighted by Gasteiger charge is 1.92. The number of morpholine rings is 1. The average Bonchev–Trinajstić information content (AvgIpc) is 2.64. The Hall–Kier alpha value is -0.540. The first-order chi connectivity index (χ1) is 5.50. The van der Waals surface area contributed by atoms with Gasteiger partial charge in [0.05, 0.1) is 13.2 Å². The van der Waals surface area contributed by atoms with Crippen molar-refractivity contribution in [2.45, 2.75) is 6.42 Å². The molecule has 0 radical (unpaired) electrons. The third-order valence-electron chi connectivity index (χ3n) is 1.54. The van der Waals surface area contributed by atoms with Crippen LogP contribution in [-0.4, -0.2) is 32.8 Å². The van der Waals surface area contributed by atoms with Crippen LogP contribution in [0.1, 0.15) is 6.42 Å². The van der Waals surface area contributed by atoms with Crippen LogP contribution in [0.2, 0.25) is 0 Å². The molecule has 1 saturated heterocycles. The highest BCUT2D eigenvalue weighted by atomic mass is 16.5. The van der Waals surface area contributed by atoms with Crippen molar-refractivity contribution in [1.82, 2.24) is 10.6 Å². The lowest BCUT2D eigenvalue weighted by molar-refractivity contribution is 0.109. The first-order valence-electron chi connectivity index (χ1n) is 4.17. The van der Waals surface area contributed by atoms with E-state index in [9.17, 15) is 0 Å². The molecule has 0 saturated carbocycles. The van der Waals surface area contributed by atoms with E-state index >= 15 is 0 Å². The zero-order chi connectivity index (χ0) is 7.78. The lowest BCUT2D eigenvalue weighted by Gasteiger charge is -2.10. The van der Waals surface area contributed by atoms with Crippen LogP contribution in [0.25, 0.3) is 0 Å². The lowest BCUT2D eigenvalue weighted by atomic mass is 10.5. The van der Waals surface area contributed by atoms with Gasteiger partial charge in [-0.2, -0.15) is 0 Å². The quantitative estimate of drug-likeness (QED) is 0.522. The summed E-state index contributed by atoms with van der Waals surface area (Å²) in [5.74, 6) is 0. The van der Waals surface area contributed by atoms with Gasteiger partial charge in [0.2, 0.25) is 0 Å². The van der Waals surface area contributed by atoms with Gasteiger partial charge in [-0.05, 0) is 12.6 Å². The smallest absolute Gasteiger partial charge is 0.0591 e. The summed E-state index contributed by atoms with van der Waals surface area (Å²) in [5.41, 5.74) is 0. The molecule has 0 aromatic carbocycles. The number of ether oxygens (including phenoxy) is 1. The van der Waals surface area contributed by atoms with Gasteiger partial charge in [-0.15, -0.1) is 0 Å². The van der Waals surface area contributed by atoms with Crippen LogP contribution in [0, 0.1) is 0 Å². The van der Waals surface area contributed by atoms with Crippen molar-refractivity contribution in [2.75, 3.05) is 32.8 Å². The maximum absolute atomic E-state index is 5.01. The topological polar surface area (TPSA) is 33.3 Å². The third kappa shape index (κ3) is 4.81. The second-order valence-electron chi connectivity index (χ2n) is 2.51. The molecule has 0 spiro atoms. The number of nitrogens with one attached hydrogen (secondary N) is 2. The summed E-state index contributed by atoms with van der Waals surface area (Å²) in [6, 6.07) is 0. The fourth-order valence-electron chi connectivity index (χ4n) is 0.932. The summed E-state index contributed by atoms with van der Waals surface area (Å²) in [7, 11) is 0. The van der Waals surface area contributed by atoms with Gasteiger partial charge in [0.15, 0.2) is 0 Å².